The highest BCUT2D eigenvalue weighted by Crippen LogP contribution is 2.48. The van der Waals surface area contributed by atoms with E-state index < -0.39 is 0 Å². The van der Waals surface area contributed by atoms with Crippen molar-refractivity contribution in [1.82, 2.24) is 4.90 Å². The molecule has 0 aromatic rings. The monoisotopic (exact) mass is 196 g/mol. The van der Waals surface area contributed by atoms with Gasteiger partial charge in [0.15, 0.2) is 0 Å². The van der Waals surface area contributed by atoms with Crippen LogP contribution in [0.5, 0.6) is 0 Å². The summed E-state index contributed by atoms with van der Waals surface area (Å²) >= 11 is 0. The number of rotatable bonds is 0. The van der Waals surface area contributed by atoms with E-state index in [4.69, 9.17) is 5.73 Å². The van der Waals surface area contributed by atoms with Gasteiger partial charge >= 0.3 is 0 Å². The van der Waals surface area contributed by atoms with Gasteiger partial charge in [0, 0.05) is 11.6 Å². The van der Waals surface area contributed by atoms with Crippen LogP contribution in [-0.4, -0.2) is 29.6 Å². The van der Waals surface area contributed by atoms with E-state index >= 15 is 0 Å². The summed E-state index contributed by atoms with van der Waals surface area (Å²) in [5, 5.41) is 0. The van der Waals surface area contributed by atoms with Crippen molar-refractivity contribution in [2.24, 2.45) is 11.1 Å². The van der Waals surface area contributed by atoms with E-state index in [0.29, 0.717) is 17.0 Å². The summed E-state index contributed by atoms with van der Waals surface area (Å²) in [4.78, 5) is 2.61. The first-order chi connectivity index (χ1) is 6.41. The second-order valence-electron chi connectivity index (χ2n) is 6.33. The van der Waals surface area contributed by atoms with E-state index in [1.165, 1.54) is 38.8 Å². The maximum absolute atomic E-state index is 5.89. The minimum atomic E-state index is 0.355. The number of hydrogen-bond acceptors (Lipinski definition) is 2. The van der Waals surface area contributed by atoms with Crippen LogP contribution in [-0.2, 0) is 0 Å². The number of piperidine rings is 1. The first-order valence-corrected chi connectivity index (χ1v) is 5.92. The van der Waals surface area contributed by atoms with Crippen LogP contribution < -0.4 is 5.73 Å². The van der Waals surface area contributed by atoms with Crippen molar-refractivity contribution in [1.29, 1.82) is 0 Å². The summed E-state index contributed by atoms with van der Waals surface area (Å²) in [5.41, 5.74) is 6.90. The molecule has 0 aromatic heterocycles. The molecular formula is C12H24N2. The Labute approximate surface area is 87.8 Å². The molecular weight excluding hydrogens is 172 g/mol. The van der Waals surface area contributed by atoms with Gasteiger partial charge < -0.3 is 5.73 Å². The fraction of sp³-hybridized carbons (Fsp3) is 1.00. The smallest absolute Gasteiger partial charge is 0.0125 e. The van der Waals surface area contributed by atoms with Crippen molar-refractivity contribution in [2.45, 2.75) is 58.0 Å². The Balaban J connectivity index is 1.87. The normalized spacial score (nSPS) is 29.1. The molecule has 1 aliphatic carbocycles. The van der Waals surface area contributed by atoms with Crippen molar-refractivity contribution in [3.05, 3.63) is 0 Å². The number of nitrogens with two attached hydrogens (primary N) is 1. The molecule has 82 valence electrons. The zero-order valence-corrected chi connectivity index (χ0v) is 9.84. The van der Waals surface area contributed by atoms with Gasteiger partial charge in [-0.1, -0.05) is 0 Å². The molecule has 2 nitrogen and oxygen atoms in total. The Morgan fingerprint density at radius 3 is 2.00 bits per heavy atom. The Morgan fingerprint density at radius 1 is 1.14 bits per heavy atom. The predicted octanol–water partition coefficient (Wildman–Crippen LogP) is 1.99. The Morgan fingerprint density at radius 2 is 1.64 bits per heavy atom. The fourth-order valence-electron chi connectivity index (χ4n) is 3.11. The van der Waals surface area contributed by atoms with Crippen molar-refractivity contribution < 1.29 is 0 Å². The average Bonchev–Trinajstić information content (AvgIpc) is 2.01. The molecule has 2 heteroatoms. The Bertz CT molecular complexity index is 201. The molecule has 1 saturated heterocycles. The minimum absolute atomic E-state index is 0.355. The summed E-state index contributed by atoms with van der Waals surface area (Å²) in [7, 11) is 0. The van der Waals surface area contributed by atoms with Gasteiger partial charge in [-0.05, 0) is 65.0 Å². The lowest BCUT2D eigenvalue weighted by atomic mass is 9.60. The standard InChI is InChI=1S/C12H24N2/c1-11(2,3)14-6-4-12(5-7-14)8-10(13)9-12/h10H,4-9,13H2,1-3H3. The molecule has 2 fully saturated rings. The van der Waals surface area contributed by atoms with Crippen molar-refractivity contribution in [3.63, 3.8) is 0 Å². The summed E-state index contributed by atoms with van der Waals surface area (Å²) < 4.78 is 0. The van der Waals surface area contributed by atoms with E-state index in [-0.39, 0.29) is 0 Å². The lowest BCUT2D eigenvalue weighted by Crippen LogP contribution is -2.55. The highest BCUT2D eigenvalue weighted by Gasteiger charge is 2.45. The Hall–Kier alpha value is -0.0800. The number of nitrogens with zero attached hydrogens (tertiary/aromatic N) is 1. The van der Waals surface area contributed by atoms with Gasteiger partial charge in [0.05, 0.1) is 0 Å². The molecule has 1 saturated carbocycles. The van der Waals surface area contributed by atoms with Crippen molar-refractivity contribution in [2.75, 3.05) is 13.1 Å². The molecule has 0 aromatic carbocycles. The van der Waals surface area contributed by atoms with Gasteiger partial charge in [0.1, 0.15) is 0 Å². The van der Waals surface area contributed by atoms with Crippen LogP contribution in [0.2, 0.25) is 0 Å². The summed E-state index contributed by atoms with van der Waals surface area (Å²) in [5.74, 6) is 0. The van der Waals surface area contributed by atoms with E-state index in [0.717, 1.165) is 0 Å². The molecule has 14 heavy (non-hydrogen) atoms. The van der Waals surface area contributed by atoms with Gasteiger partial charge in [-0.25, -0.2) is 0 Å². The van der Waals surface area contributed by atoms with Crippen molar-refractivity contribution >= 4 is 0 Å². The minimum Gasteiger partial charge on any atom is -0.328 e. The lowest BCUT2D eigenvalue weighted by molar-refractivity contribution is -0.0126. The van der Waals surface area contributed by atoms with E-state index in [1.54, 1.807) is 0 Å². The molecule has 0 unspecified atom stereocenters. The van der Waals surface area contributed by atoms with Crippen LogP contribution in [0.3, 0.4) is 0 Å². The van der Waals surface area contributed by atoms with Crippen molar-refractivity contribution in [3.8, 4) is 0 Å². The van der Waals surface area contributed by atoms with E-state index in [1.807, 2.05) is 0 Å². The molecule has 1 spiro atoms. The van der Waals surface area contributed by atoms with Gasteiger partial charge in [0.25, 0.3) is 0 Å². The topological polar surface area (TPSA) is 29.3 Å². The van der Waals surface area contributed by atoms with Crippen LogP contribution in [0, 0.1) is 5.41 Å². The zero-order valence-electron chi connectivity index (χ0n) is 9.84. The maximum Gasteiger partial charge on any atom is 0.0125 e. The molecule has 2 rings (SSSR count). The van der Waals surface area contributed by atoms with Crippen LogP contribution in [0.1, 0.15) is 46.5 Å². The van der Waals surface area contributed by atoms with Crippen LogP contribution in [0.4, 0.5) is 0 Å². The molecule has 2 aliphatic rings. The zero-order chi connectivity index (χ0) is 10.4. The van der Waals surface area contributed by atoms with E-state index in [9.17, 15) is 0 Å². The average molecular weight is 196 g/mol. The molecule has 1 heterocycles. The van der Waals surface area contributed by atoms with Gasteiger partial charge in [-0.2, -0.15) is 0 Å². The quantitative estimate of drug-likeness (QED) is 0.642. The fourth-order valence-corrected chi connectivity index (χ4v) is 3.11. The molecule has 0 radical (unpaired) electrons. The second-order valence-corrected chi connectivity index (χ2v) is 6.33. The highest BCUT2D eigenvalue weighted by atomic mass is 15.2. The third-order valence-electron chi connectivity index (χ3n) is 4.16. The van der Waals surface area contributed by atoms with E-state index in [2.05, 4.69) is 25.7 Å². The lowest BCUT2D eigenvalue weighted by Gasteiger charge is -2.53. The third kappa shape index (κ3) is 1.82. The largest absolute Gasteiger partial charge is 0.328 e. The molecule has 2 N–H and O–H groups in total. The molecule has 0 amide bonds. The predicted molar refractivity (Wildman–Crippen MR) is 60.2 cm³/mol. The van der Waals surface area contributed by atoms with Gasteiger partial charge in [-0.3, -0.25) is 4.90 Å². The Kier molecular flexibility index (Phi) is 2.39. The first kappa shape index (κ1) is 10.4. The molecule has 0 bridgehead atoms. The maximum atomic E-state index is 5.89. The SMILES string of the molecule is CC(C)(C)N1CCC2(CC1)CC(N)C2. The first-order valence-electron chi connectivity index (χ1n) is 5.92. The number of likely N-dealkylation sites (tertiary alicyclic amines) is 1. The third-order valence-corrected chi connectivity index (χ3v) is 4.16. The second kappa shape index (κ2) is 3.21. The van der Waals surface area contributed by atoms with Gasteiger partial charge in [-0.15, -0.1) is 0 Å². The molecule has 0 atom stereocenters. The van der Waals surface area contributed by atoms with Crippen LogP contribution >= 0.6 is 0 Å². The highest BCUT2D eigenvalue weighted by molar-refractivity contribution is 5.00. The summed E-state index contributed by atoms with van der Waals surface area (Å²) in [6, 6.07) is 0.510. The van der Waals surface area contributed by atoms with Crippen LogP contribution in [0.25, 0.3) is 0 Å². The summed E-state index contributed by atoms with van der Waals surface area (Å²) in [6.07, 6.45) is 5.31. The molecule has 1 aliphatic heterocycles. The summed E-state index contributed by atoms with van der Waals surface area (Å²) in [6.45, 7) is 9.50. The van der Waals surface area contributed by atoms with Gasteiger partial charge in [0.2, 0.25) is 0 Å². The van der Waals surface area contributed by atoms with Crippen LogP contribution in [0.15, 0.2) is 0 Å². The number of hydrogen-bond donors (Lipinski definition) is 1.